The van der Waals surface area contributed by atoms with Crippen molar-refractivity contribution in [1.82, 2.24) is 9.78 Å². The van der Waals surface area contributed by atoms with E-state index in [9.17, 15) is 9.82 Å². The van der Waals surface area contributed by atoms with Gasteiger partial charge in [-0.1, -0.05) is 6.08 Å². The molecule has 1 aromatic heterocycles. The molecule has 1 aromatic carbocycles. The van der Waals surface area contributed by atoms with Gasteiger partial charge in [0.1, 0.15) is 17.4 Å². The lowest BCUT2D eigenvalue weighted by Crippen LogP contribution is -2.32. The minimum Gasteiger partial charge on any atom is -0.532 e. The Bertz CT molecular complexity index is 983. The molecule has 0 saturated carbocycles. The van der Waals surface area contributed by atoms with Crippen molar-refractivity contribution in [3.05, 3.63) is 52.9 Å². The average Bonchev–Trinajstić information content (AvgIpc) is 3.11. The molecule has 3 heterocycles. The number of anilines is 2. The predicted octanol–water partition coefficient (Wildman–Crippen LogP) is 1.40. The van der Waals surface area contributed by atoms with E-state index in [1.807, 2.05) is 6.07 Å². The summed E-state index contributed by atoms with van der Waals surface area (Å²) in [6.45, 7) is 8.27. The van der Waals surface area contributed by atoms with Crippen LogP contribution in [0.25, 0.3) is 10.9 Å². The van der Waals surface area contributed by atoms with Crippen molar-refractivity contribution in [2.45, 2.75) is 18.5 Å². The molecular weight excluding hydrogens is 361 g/mol. The molecule has 2 atom stereocenters. The quantitative estimate of drug-likeness (QED) is 0.546. The van der Waals surface area contributed by atoms with Gasteiger partial charge in [-0.3, -0.25) is 9.48 Å². The summed E-state index contributed by atoms with van der Waals surface area (Å²) in [7, 11) is -1.00. The van der Waals surface area contributed by atoms with E-state index in [0.717, 1.165) is 5.56 Å². The summed E-state index contributed by atoms with van der Waals surface area (Å²) in [4.78, 5) is 15.6. The number of fused-ring (bicyclic) bond motifs is 1. The lowest BCUT2D eigenvalue weighted by molar-refractivity contribution is 0.0506. The van der Waals surface area contributed by atoms with E-state index in [-0.39, 0.29) is 23.5 Å². The number of carbonyl (C=O) groups excluding carboxylic acids is 1. The van der Waals surface area contributed by atoms with Crippen molar-refractivity contribution < 1.29 is 19.2 Å². The molecule has 0 bridgehead atoms. The van der Waals surface area contributed by atoms with Crippen LogP contribution in [0.4, 0.5) is 11.5 Å². The van der Waals surface area contributed by atoms with Gasteiger partial charge in [-0.05, 0) is 18.1 Å². The Balaban J connectivity index is 1.64. The summed E-state index contributed by atoms with van der Waals surface area (Å²) in [5, 5.41) is 17.1. The van der Waals surface area contributed by atoms with Gasteiger partial charge in [0.15, 0.2) is 5.82 Å². The second kappa shape index (κ2) is 7.38. The summed E-state index contributed by atoms with van der Waals surface area (Å²) in [5.41, 5.74) is 7.18. The highest BCUT2D eigenvalue weighted by Crippen LogP contribution is 2.31. The van der Waals surface area contributed by atoms with E-state index in [2.05, 4.69) is 15.3 Å². The Labute approximate surface area is 161 Å². The molecule has 1 saturated heterocycles. The maximum atomic E-state index is 11.9. The van der Waals surface area contributed by atoms with Gasteiger partial charge in [0.2, 0.25) is 6.04 Å². The molecule has 0 aliphatic carbocycles. The highest BCUT2D eigenvalue weighted by Gasteiger charge is 2.33. The van der Waals surface area contributed by atoms with E-state index in [1.54, 1.807) is 35.1 Å². The molecule has 10 heteroatoms. The molecule has 1 amide bonds. The third-order valence-electron chi connectivity index (χ3n) is 4.76. The molecule has 28 heavy (non-hydrogen) atoms. The number of amides is 1. The Morgan fingerprint density at radius 2 is 2.36 bits per heavy atom. The summed E-state index contributed by atoms with van der Waals surface area (Å²) in [6, 6.07) is 4.78. The number of rotatable bonds is 4. The Hall–Kier alpha value is -3.29. The zero-order valence-electron chi connectivity index (χ0n) is 14.9. The van der Waals surface area contributed by atoms with Crippen molar-refractivity contribution in [2.75, 3.05) is 18.5 Å². The van der Waals surface area contributed by atoms with Crippen molar-refractivity contribution in [2.24, 2.45) is 5.73 Å². The monoisotopic (exact) mass is 379 g/mol. The van der Waals surface area contributed by atoms with Crippen LogP contribution in [0.2, 0.25) is 0 Å². The Morgan fingerprint density at radius 3 is 3.14 bits per heavy atom. The topological polar surface area (TPSA) is 116 Å². The predicted molar refractivity (Wildman–Crippen MR) is 103 cm³/mol. The largest absolute Gasteiger partial charge is 0.552 e. The average molecular weight is 379 g/mol. The first-order valence-electron chi connectivity index (χ1n) is 8.82. The Kier molecular flexibility index (Phi) is 4.77. The molecule has 142 valence electrons. The standard InChI is InChI=1S/C18H18BN5O4/c1-21-14-5-7-27-10-15(14)24-9-13(17(20)25)18(23-24)22-12-3-2-11-4-6-19(26)28-16(11)8-12/h2-4,6,8-9,14-15,26H,5,7,10H2,(H2,20,25)(H,22,23)/t14-,15?/m0/s1. The molecule has 0 radical (unpaired) electrons. The van der Waals surface area contributed by atoms with Crippen molar-refractivity contribution in [3.8, 4) is 5.75 Å². The van der Waals surface area contributed by atoms with Crippen molar-refractivity contribution >= 4 is 30.6 Å². The number of carbonyl (C=O) groups is 1. The van der Waals surface area contributed by atoms with Gasteiger partial charge in [-0.15, -0.1) is 0 Å². The van der Waals surface area contributed by atoms with Crippen LogP contribution in [-0.2, 0) is 4.74 Å². The lowest BCUT2D eigenvalue weighted by Gasteiger charge is -2.23. The third-order valence-corrected chi connectivity index (χ3v) is 4.76. The van der Waals surface area contributed by atoms with Gasteiger partial charge >= 0.3 is 7.12 Å². The summed E-state index contributed by atoms with van der Waals surface area (Å²) >= 11 is 0. The zero-order chi connectivity index (χ0) is 19.7. The van der Waals surface area contributed by atoms with E-state index >= 15 is 0 Å². The van der Waals surface area contributed by atoms with E-state index in [4.69, 9.17) is 21.7 Å². The van der Waals surface area contributed by atoms with Crippen LogP contribution in [0.15, 0.2) is 30.4 Å². The second-order valence-electron chi connectivity index (χ2n) is 6.61. The molecule has 2 aliphatic rings. The molecule has 1 fully saturated rings. The van der Waals surface area contributed by atoms with Gasteiger partial charge in [0, 0.05) is 29.9 Å². The van der Waals surface area contributed by atoms with Crippen LogP contribution in [0.5, 0.6) is 5.75 Å². The SMILES string of the molecule is [C-]#[N+][C@H]1CCOCC1n1cc(C(N)=O)c(Nc2ccc3c(c2)OB(O)C=C3)n1. The molecular formula is C18H18BN5O4. The maximum Gasteiger partial charge on any atom is 0.552 e. The van der Waals surface area contributed by atoms with Crippen LogP contribution in [0, 0.1) is 6.57 Å². The number of hydrogen-bond donors (Lipinski definition) is 3. The number of benzene rings is 1. The smallest absolute Gasteiger partial charge is 0.532 e. The number of nitrogens with two attached hydrogens (primary N) is 1. The molecule has 2 aromatic rings. The first kappa shape index (κ1) is 18.1. The number of primary amides is 1. The van der Waals surface area contributed by atoms with Gasteiger partial charge in [-0.2, -0.15) is 5.10 Å². The number of hydrogen-bond acceptors (Lipinski definition) is 6. The van der Waals surface area contributed by atoms with Gasteiger partial charge in [0.05, 0.1) is 13.2 Å². The fraction of sp³-hybridized carbons (Fsp3) is 0.278. The minimum atomic E-state index is -1.00. The highest BCUT2D eigenvalue weighted by molar-refractivity contribution is 6.51. The maximum absolute atomic E-state index is 11.9. The fourth-order valence-corrected chi connectivity index (χ4v) is 3.29. The first-order chi connectivity index (χ1) is 13.5. The summed E-state index contributed by atoms with van der Waals surface area (Å²) < 4.78 is 12.4. The van der Waals surface area contributed by atoms with Crippen LogP contribution < -0.4 is 15.7 Å². The first-order valence-corrected chi connectivity index (χ1v) is 8.82. The number of nitrogens with zero attached hydrogens (tertiary/aromatic N) is 3. The molecule has 2 aliphatic heterocycles. The number of nitrogens with one attached hydrogen (secondary N) is 1. The van der Waals surface area contributed by atoms with E-state index < -0.39 is 13.0 Å². The molecule has 4 rings (SSSR count). The third kappa shape index (κ3) is 3.45. The summed E-state index contributed by atoms with van der Waals surface area (Å²) in [6.07, 6.45) is 3.93. The normalized spacial score (nSPS) is 20.8. The lowest BCUT2D eigenvalue weighted by atomic mass is 9.86. The molecule has 1 unspecified atom stereocenters. The number of ether oxygens (including phenoxy) is 1. The zero-order valence-corrected chi connectivity index (χ0v) is 14.9. The molecule has 4 N–H and O–H groups in total. The van der Waals surface area contributed by atoms with Crippen LogP contribution in [0.3, 0.4) is 0 Å². The van der Waals surface area contributed by atoms with Crippen molar-refractivity contribution in [3.63, 3.8) is 0 Å². The van der Waals surface area contributed by atoms with Gasteiger partial charge < -0.3 is 30.3 Å². The minimum absolute atomic E-state index is 0.216. The van der Waals surface area contributed by atoms with Gasteiger partial charge in [0.25, 0.3) is 5.91 Å². The molecule has 9 nitrogen and oxygen atoms in total. The van der Waals surface area contributed by atoms with Crippen LogP contribution in [0.1, 0.15) is 28.4 Å². The number of aromatic nitrogens is 2. The van der Waals surface area contributed by atoms with Crippen LogP contribution in [-0.4, -0.2) is 47.1 Å². The van der Waals surface area contributed by atoms with Gasteiger partial charge in [-0.25, -0.2) is 6.57 Å². The van der Waals surface area contributed by atoms with E-state index in [1.165, 1.54) is 0 Å². The highest BCUT2D eigenvalue weighted by atomic mass is 16.5. The Morgan fingerprint density at radius 1 is 1.50 bits per heavy atom. The summed E-state index contributed by atoms with van der Waals surface area (Å²) in [5.74, 6) is 1.71. The molecule has 0 spiro atoms. The van der Waals surface area contributed by atoms with E-state index in [0.29, 0.717) is 31.1 Å². The van der Waals surface area contributed by atoms with Crippen molar-refractivity contribution in [1.29, 1.82) is 0 Å². The van der Waals surface area contributed by atoms with Crippen LogP contribution >= 0.6 is 0 Å². The second-order valence-corrected chi connectivity index (χ2v) is 6.61. The fourth-order valence-electron chi connectivity index (χ4n) is 3.29.